The third kappa shape index (κ3) is 4.74. The van der Waals surface area contributed by atoms with Gasteiger partial charge in [-0.3, -0.25) is 0 Å². The zero-order chi connectivity index (χ0) is 19.7. The number of alkyl halides is 3. The molecule has 11 heteroatoms. The van der Waals surface area contributed by atoms with Crippen LogP contribution in [-0.4, -0.2) is 32.4 Å². The second kappa shape index (κ2) is 7.95. The van der Waals surface area contributed by atoms with Crippen molar-refractivity contribution in [2.75, 3.05) is 0 Å². The number of aromatic nitrogens is 3. The molecule has 2 aromatic heterocycles. The standard InChI is InChI=1S/C18H14F3N3O4.H3N/c19-18(20,21)10-2-1-3-11(4-10)26-12-5-13(6-12)27-17-9-22-14(8-23-17)15-7-16(25)24-28-15;/h1-4,7-9,12-13H,5-6H2,(H,24,25);1H3/t12-,13+;. The van der Waals surface area contributed by atoms with Crippen molar-refractivity contribution in [3.8, 4) is 29.0 Å². The smallest absolute Gasteiger partial charge is 0.416 e. The molecule has 1 fully saturated rings. The van der Waals surface area contributed by atoms with Crippen molar-refractivity contribution >= 4 is 0 Å². The number of ether oxygens (including phenoxy) is 2. The number of aromatic hydroxyl groups is 1. The fourth-order valence-electron chi connectivity index (χ4n) is 2.71. The Labute approximate surface area is 162 Å². The van der Waals surface area contributed by atoms with Crippen LogP contribution >= 0.6 is 0 Å². The zero-order valence-electron chi connectivity index (χ0n) is 15.0. The second-order valence-electron chi connectivity index (χ2n) is 6.27. The first-order chi connectivity index (χ1) is 13.4. The molecule has 4 rings (SSSR count). The average molecular weight is 410 g/mol. The maximum atomic E-state index is 12.7. The third-order valence-electron chi connectivity index (χ3n) is 4.18. The summed E-state index contributed by atoms with van der Waals surface area (Å²) in [6.45, 7) is 0. The lowest BCUT2D eigenvalue weighted by Gasteiger charge is -2.35. The van der Waals surface area contributed by atoms with Gasteiger partial charge >= 0.3 is 6.18 Å². The van der Waals surface area contributed by atoms with Crippen LogP contribution in [0.5, 0.6) is 17.5 Å². The van der Waals surface area contributed by atoms with Crippen molar-refractivity contribution in [3.63, 3.8) is 0 Å². The molecule has 1 saturated carbocycles. The van der Waals surface area contributed by atoms with Crippen LogP contribution in [0, 0.1) is 0 Å². The van der Waals surface area contributed by atoms with E-state index in [-0.39, 0.29) is 35.7 Å². The number of nitrogens with zero attached hydrogens (tertiary/aromatic N) is 3. The van der Waals surface area contributed by atoms with Gasteiger partial charge in [0.15, 0.2) is 5.76 Å². The number of halogens is 3. The van der Waals surface area contributed by atoms with Gasteiger partial charge in [-0.05, 0) is 23.4 Å². The van der Waals surface area contributed by atoms with Crippen molar-refractivity contribution in [3.05, 3.63) is 48.3 Å². The third-order valence-corrected chi connectivity index (χ3v) is 4.18. The summed E-state index contributed by atoms with van der Waals surface area (Å²) in [5.41, 5.74) is -0.355. The molecular formula is C18H17F3N4O4. The molecule has 0 spiro atoms. The van der Waals surface area contributed by atoms with Gasteiger partial charge in [0.05, 0.1) is 24.0 Å². The van der Waals surface area contributed by atoms with E-state index in [1.54, 1.807) is 0 Å². The van der Waals surface area contributed by atoms with Gasteiger partial charge in [-0.2, -0.15) is 13.2 Å². The van der Waals surface area contributed by atoms with Gasteiger partial charge in [0, 0.05) is 12.8 Å². The van der Waals surface area contributed by atoms with Crippen molar-refractivity contribution in [2.45, 2.75) is 31.2 Å². The Kier molecular flexibility index (Phi) is 5.59. The molecular weight excluding hydrogens is 393 g/mol. The van der Waals surface area contributed by atoms with Crippen LogP contribution in [0.25, 0.3) is 11.5 Å². The average Bonchev–Trinajstić information content (AvgIpc) is 3.06. The predicted octanol–water partition coefficient (Wildman–Crippen LogP) is 4.01. The highest BCUT2D eigenvalue weighted by Crippen LogP contribution is 2.34. The van der Waals surface area contributed by atoms with Crippen LogP contribution < -0.4 is 15.6 Å². The molecule has 1 aliphatic rings. The minimum absolute atomic E-state index is 0. The molecule has 8 nitrogen and oxygen atoms in total. The van der Waals surface area contributed by atoms with Crippen LogP contribution in [0.4, 0.5) is 13.2 Å². The molecule has 4 N–H and O–H groups in total. The predicted molar refractivity (Wildman–Crippen MR) is 93.7 cm³/mol. The number of rotatable bonds is 5. The highest BCUT2D eigenvalue weighted by molar-refractivity contribution is 5.51. The SMILES string of the molecule is N.Oc1cc(-c2cnc(O[C@H]3C[C@@H](Oc4cccc(C(F)(F)F)c4)C3)cn2)on1. The molecule has 1 aliphatic carbocycles. The summed E-state index contributed by atoms with van der Waals surface area (Å²) in [6, 6.07) is 6.11. The van der Waals surface area contributed by atoms with Gasteiger partial charge in [0.1, 0.15) is 23.7 Å². The van der Waals surface area contributed by atoms with Gasteiger partial charge in [-0.1, -0.05) is 6.07 Å². The number of hydrogen-bond donors (Lipinski definition) is 2. The van der Waals surface area contributed by atoms with Crippen molar-refractivity contribution < 1.29 is 32.3 Å². The topological polar surface area (TPSA) is 126 Å². The lowest BCUT2D eigenvalue weighted by atomic mass is 9.92. The minimum atomic E-state index is -4.40. The van der Waals surface area contributed by atoms with Gasteiger partial charge in [-0.25, -0.2) is 9.97 Å². The lowest BCUT2D eigenvalue weighted by Crippen LogP contribution is -2.41. The summed E-state index contributed by atoms with van der Waals surface area (Å²) < 4.78 is 54.3. The van der Waals surface area contributed by atoms with Crippen LogP contribution in [0.3, 0.4) is 0 Å². The summed E-state index contributed by atoms with van der Waals surface area (Å²) >= 11 is 0. The van der Waals surface area contributed by atoms with E-state index in [1.165, 1.54) is 30.6 Å². The monoisotopic (exact) mass is 410 g/mol. The molecule has 0 aliphatic heterocycles. The Bertz CT molecular complexity index is 956. The van der Waals surface area contributed by atoms with Crippen molar-refractivity contribution in [1.29, 1.82) is 0 Å². The Morgan fingerprint density at radius 1 is 1.03 bits per heavy atom. The van der Waals surface area contributed by atoms with Crippen molar-refractivity contribution in [1.82, 2.24) is 21.3 Å². The minimum Gasteiger partial charge on any atom is -0.491 e. The first-order valence-electron chi connectivity index (χ1n) is 8.35. The van der Waals surface area contributed by atoms with E-state index >= 15 is 0 Å². The fourth-order valence-corrected chi connectivity index (χ4v) is 2.71. The zero-order valence-corrected chi connectivity index (χ0v) is 15.0. The largest absolute Gasteiger partial charge is 0.491 e. The van der Waals surface area contributed by atoms with Gasteiger partial charge in [0.25, 0.3) is 5.88 Å². The highest BCUT2D eigenvalue weighted by Gasteiger charge is 2.34. The summed E-state index contributed by atoms with van der Waals surface area (Å²) in [6.07, 6.45) is -0.908. The maximum Gasteiger partial charge on any atom is 0.416 e. The van der Waals surface area contributed by atoms with Crippen LogP contribution in [0.2, 0.25) is 0 Å². The Hall–Kier alpha value is -3.34. The van der Waals surface area contributed by atoms with E-state index in [0.717, 1.165) is 12.1 Å². The fraction of sp³-hybridized carbons (Fsp3) is 0.278. The summed E-state index contributed by atoms with van der Waals surface area (Å²) in [7, 11) is 0. The van der Waals surface area contributed by atoms with E-state index in [2.05, 4.69) is 15.1 Å². The number of hydrogen-bond acceptors (Lipinski definition) is 8. The first-order valence-corrected chi connectivity index (χ1v) is 8.35. The molecule has 29 heavy (non-hydrogen) atoms. The van der Waals surface area contributed by atoms with E-state index in [9.17, 15) is 13.2 Å². The Morgan fingerprint density at radius 2 is 1.79 bits per heavy atom. The number of benzene rings is 1. The Morgan fingerprint density at radius 3 is 2.41 bits per heavy atom. The quantitative estimate of drug-likeness (QED) is 0.646. The van der Waals surface area contributed by atoms with Gasteiger partial charge < -0.3 is 25.3 Å². The molecule has 0 unspecified atom stereocenters. The van der Waals surface area contributed by atoms with Crippen molar-refractivity contribution in [2.24, 2.45) is 0 Å². The molecule has 1 aromatic carbocycles. The molecule has 0 amide bonds. The summed E-state index contributed by atoms with van der Waals surface area (Å²) in [5.74, 6) is 0.501. The van der Waals surface area contributed by atoms with E-state index < -0.39 is 11.7 Å². The molecule has 154 valence electrons. The second-order valence-corrected chi connectivity index (χ2v) is 6.27. The normalized spacial score (nSPS) is 18.4. The molecule has 0 radical (unpaired) electrons. The maximum absolute atomic E-state index is 12.7. The van der Waals surface area contributed by atoms with E-state index in [1.807, 2.05) is 0 Å². The van der Waals surface area contributed by atoms with Crippen LogP contribution in [-0.2, 0) is 6.18 Å². The highest BCUT2D eigenvalue weighted by atomic mass is 19.4. The molecule has 0 bridgehead atoms. The molecule has 0 saturated heterocycles. The summed E-state index contributed by atoms with van der Waals surface area (Å²) in [5, 5.41) is 12.5. The van der Waals surface area contributed by atoms with E-state index in [4.69, 9.17) is 19.1 Å². The first kappa shape index (κ1) is 20.4. The van der Waals surface area contributed by atoms with E-state index in [0.29, 0.717) is 24.4 Å². The van der Waals surface area contributed by atoms with Crippen LogP contribution in [0.15, 0.2) is 47.2 Å². The summed E-state index contributed by atoms with van der Waals surface area (Å²) in [4.78, 5) is 8.24. The Balaban J connectivity index is 0.00000240. The lowest BCUT2D eigenvalue weighted by molar-refractivity contribution is -0.137. The van der Waals surface area contributed by atoms with Gasteiger partial charge in [-0.15, -0.1) is 0 Å². The molecule has 3 aromatic rings. The van der Waals surface area contributed by atoms with Gasteiger partial charge in [0.2, 0.25) is 5.88 Å². The van der Waals surface area contributed by atoms with Crippen LogP contribution in [0.1, 0.15) is 18.4 Å². The molecule has 0 atom stereocenters. The molecule has 2 heterocycles.